The van der Waals surface area contributed by atoms with Gasteiger partial charge in [-0.2, -0.15) is 0 Å². The first-order valence-corrected chi connectivity index (χ1v) is 4.56. The zero-order chi connectivity index (χ0) is 11.7. The fourth-order valence-corrected chi connectivity index (χ4v) is 1.45. The van der Waals surface area contributed by atoms with Gasteiger partial charge in [0, 0.05) is 17.0 Å². The summed E-state index contributed by atoms with van der Waals surface area (Å²) in [6, 6.07) is 4.09. The lowest BCUT2D eigenvalue weighted by atomic mass is 10.1. The second-order valence-electron chi connectivity index (χ2n) is 3.26. The first-order chi connectivity index (χ1) is 7.63. The number of hydrogen-bond acceptors (Lipinski definition) is 4. The highest BCUT2D eigenvalue weighted by Crippen LogP contribution is 2.25. The van der Waals surface area contributed by atoms with E-state index >= 15 is 0 Å². The Kier molecular flexibility index (Phi) is 2.62. The summed E-state index contributed by atoms with van der Waals surface area (Å²) in [5.74, 6) is -1.61. The minimum absolute atomic E-state index is 0.124. The standard InChI is InChI=1S/C11H9FO4/c1-15-11(14)10(13)7-4-6-2-3-16-9(6)5-8(7)12/h2-5,10,13H,1H3. The minimum Gasteiger partial charge on any atom is -0.467 e. The number of fused-ring (bicyclic) bond motifs is 1. The zero-order valence-electron chi connectivity index (χ0n) is 8.44. The number of rotatable bonds is 2. The molecule has 0 aliphatic heterocycles. The maximum absolute atomic E-state index is 13.5. The van der Waals surface area contributed by atoms with Crippen LogP contribution in [0.1, 0.15) is 11.7 Å². The predicted octanol–water partition coefficient (Wildman–Crippen LogP) is 1.78. The molecule has 1 N–H and O–H groups in total. The van der Waals surface area contributed by atoms with Crippen LogP contribution in [-0.4, -0.2) is 18.2 Å². The summed E-state index contributed by atoms with van der Waals surface area (Å²) >= 11 is 0. The number of halogens is 1. The Bertz CT molecular complexity index is 532. The molecule has 0 spiro atoms. The Morgan fingerprint density at radius 3 is 3.00 bits per heavy atom. The molecule has 0 saturated carbocycles. The van der Waals surface area contributed by atoms with Gasteiger partial charge < -0.3 is 14.3 Å². The van der Waals surface area contributed by atoms with E-state index in [0.717, 1.165) is 13.2 Å². The molecule has 1 aromatic carbocycles. The molecule has 1 aromatic heterocycles. The van der Waals surface area contributed by atoms with E-state index < -0.39 is 17.9 Å². The van der Waals surface area contributed by atoms with Gasteiger partial charge in [0.2, 0.25) is 0 Å². The van der Waals surface area contributed by atoms with Crippen LogP contribution in [0, 0.1) is 5.82 Å². The monoisotopic (exact) mass is 224 g/mol. The fraction of sp³-hybridized carbons (Fsp3) is 0.182. The zero-order valence-corrected chi connectivity index (χ0v) is 8.44. The third kappa shape index (κ3) is 1.65. The molecule has 0 bridgehead atoms. The molecule has 2 rings (SSSR count). The molecule has 0 aliphatic rings. The summed E-state index contributed by atoms with van der Waals surface area (Å²) in [6.45, 7) is 0. The molecule has 2 aromatic rings. The third-order valence-electron chi connectivity index (χ3n) is 2.29. The van der Waals surface area contributed by atoms with Crippen molar-refractivity contribution >= 4 is 16.9 Å². The average molecular weight is 224 g/mol. The van der Waals surface area contributed by atoms with Crippen molar-refractivity contribution in [1.29, 1.82) is 0 Å². The highest BCUT2D eigenvalue weighted by molar-refractivity contribution is 5.82. The van der Waals surface area contributed by atoms with Crippen molar-refractivity contribution in [3.63, 3.8) is 0 Å². The molecule has 5 heteroatoms. The van der Waals surface area contributed by atoms with E-state index in [4.69, 9.17) is 4.42 Å². The summed E-state index contributed by atoms with van der Waals surface area (Å²) in [5.41, 5.74) is 0.235. The number of aliphatic hydroxyl groups excluding tert-OH is 1. The van der Waals surface area contributed by atoms with Crippen LogP contribution in [-0.2, 0) is 9.53 Å². The summed E-state index contributed by atoms with van der Waals surface area (Å²) in [7, 11) is 1.12. The number of ether oxygens (including phenoxy) is 1. The van der Waals surface area contributed by atoms with Crippen molar-refractivity contribution in [2.24, 2.45) is 0 Å². The van der Waals surface area contributed by atoms with E-state index in [2.05, 4.69) is 4.74 Å². The average Bonchev–Trinajstić information content (AvgIpc) is 2.72. The van der Waals surface area contributed by atoms with Crippen LogP contribution in [0.15, 0.2) is 28.9 Å². The number of carbonyl (C=O) groups excluding carboxylic acids is 1. The first-order valence-electron chi connectivity index (χ1n) is 4.56. The van der Waals surface area contributed by atoms with Crippen LogP contribution in [0.25, 0.3) is 11.0 Å². The highest BCUT2D eigenvalue weighted by Gasteiger charge is 2.22. The molecule has 4 nitrogen and oxygen atoms in total. The molecule has 16 heavy (non-hydrogen) atoms. The van der Waals surface area contributed by atoms with Gasteiger partial charge in [0.15, 0.2) is 6.10 Å². The van der Waals surface area contributed by atoms with Crippen LogP contribution in [0.3, 0.4) is 0 Å². The van der Waals surface area contributed by atoms with Gasteiger partial charge in [-0.05, 0) is 12.1 Å². The van der Waals surface area contributed by atoms with E-state index in [0.29, 0.717) is 11.0 Å². The summed E-state index contributed by atoms with van der Waals surface area (Å²) in [5, 5.41) is 10.1. The number of carbonyl (C=O) groups is 1. The molecule has 1 atom stereocenters. The summed E-state index contributed by atoms with van der Waals surface area (Å²) < 4.78 is 22.8. The Morgan fingerprint density at radius 2 is 2.31 bits per heavy atom. The van der Waals surface area contributed by atoms with E-state index in [1.54, 1.807) is 6.07 Å². The SMILES string of the molecule is COC(=O)C(O)c1cc2ccoc2cc1F. The van der Waals surface area contributed by atoms with Gasteiger partial charge >= 0.3 is 5.97 Å². The Hall–Kier alpha value is -1.88. The molecule has 0 radical (unpaired) electrons. The predicted molar refractivity (Wildman–Crippen MR) is 53.1 cm³/mol. The number of methoxy groups -OCH3 is 1. The van der Waals surface area contributed by atoms with Gasteiger partial charge in [-0.25, -0.2) is 9.18 Å². The van der Waals surface area contributed by atoms with Crippen LogP contribution >= 0.6 is 0 Å². The van der Waals surface area contributed by atoms with Gasteiger partial charge in [0.05, 0.1) is 13.4 Å². The minimum atomic E-state index is -1.62. The quantitative estimate of drug-likeness (QED) is 0.790. The van der Waals surface area contributed by atoms with Gasteiger partial charge in [-0.3, -0.25) is 0 Å². The van der Waals surface area contributed by atoms with E-state index in [9.17, 15) is 14.3 Å². The van der Waals surface area contributed by atoms with Crippen molar-refractivity contribution in [2.75, 3.05) is 7.11 Å². The van der Waals surface area contributed by atoms with Gasteiger partial charge in [-0.1, -0.05) is 0 Å². The third-order valence-corrected chi connectivity index (χ3v) is 2.29. The topological polar surface area (TPSA) is 59.7 Å². The number of benzene rings is 1. The van der Waals surface area contributed by atoms with E-state index in [1.807, 2.05) is 0 Å². The lowest BCUT2D eigenvalue weighted by Crippen LogP contribution is -2.14. The Balaban J connectivity index is 2.50. The van der Waals surface area contributed by atoms with Gasteiger partial charge in [0.1, 0.15) is 11.4 Å². The lowest BCUT2D eigenvalue weighted by Gasteiger charge is -2.09. The maximum Gasteiger partial charge on any atom is 0.339 e. The van der Waals surface area contributed by atoms with Crippen molar-refractivity contribution in [2.45, 2.75) is 6.10 Å². The van der Waals surface area contributed by atoms with Gasteiger partial charge in [0.25, 0.3) is 0 Å². The maximum atomic E-state index is 13.5. The van der Waals surface area contributed by atoms with Crippen molar-refractivity contribution in [1.82, 2.24) is 0 Å². The number of aliphatic hydroxyl groups is 1. The molecule has 84 valence electrons. The molecular weight excluding hydrogens is 215 g/mol. The van der Waals surface area contributed by atoms with Crippen LogP contribution in [0.4, 0.5) is 4.39 Å². The van der Waals surface area contributed by atoms with Crippen molar-refractivity contribution in [3.8, 4) is 0 Å². The second kappa shape index (κ2) is 3.94. The molecule has 1 unspecified atom stereocenters. The molecule has 0 fully saturated rings. The Labute approximate surface area is 90.2 Å². The molecule has 1 heterocycles. The van der Waals surface area contributed by atoms with Crippen LogP contribution in [0.5, 0.6) is 0 Å². The van der Waals surface area contributed by atoms with Crippen molar-refractivity contribution < 1.29 is 23.4 Å². The largest absolute Gasteiger partial charge is 0.467 e. The lowest BCUT2D eigenvalue weighted by molar-refractivity contribution is -0.150. The second-order valence-corrected chi connectivity index (χ2v) is 3.26. The molecular formula is C11H9FO4. The number of esters is 1. The van der Waals surface area contributed by atoms with Crippen LogP contribution < -0.4 is 0 Å². The van der Waals surface area contributed by atoms with Crippen LogP contribution in [0.2, 0.25) is 0 Å². The summed E-state index contributed by atoms with van der Waals surface area (Å²) in [6.07, 6.45) is -0.220. The fourth-order valence-electron chi connectivity index (χ4n) is 1.45. The number of furan rings is 1. The smallest absolute Gasteiger partial charge is 0.339 e. The van der Waals surface area contributed by atoms with Crippen molar-refractivity contribution in [3.05, 3.63) is 35.8 Å². The summed E-state index contributed by atoms with van der Waals surface area (Å²) in [4.78, 5) is 11.1. The normalized spacial score (nSPS) is 12.7. The first kappa shape index (κ1) is 10.6. The van der Waals surface area contributed by atoms with E-state index in [1.165, 1.54) is 12.3 Å². The number of hydrogen-bond donors (Lipinski definition) is 1. The van der Waals surface area contributed by atoms with Gasteiger partial charge in [-0.15, -0.1) is 0 Å². The molecule has 0 amide bonds. The van der Waals surface area contributed by atoms with E-state index in [-0.39, 0.29) is 5.56 Å². The molecule has 0 saturated heterocycles. The molecule has 0 aliphatic carbocycles. The Morgan fingerprint density at radius 1 is 1.56 bits per heavy atom. The highest BCUT2D eigenvalue weighted by atomic mass is 19.1.